The maximum Gasteiger partial charge on any atom is 0.410 e. The standard InChI is InChI=1S/C22H24N6O3/c29-21(28-8-6-17-12-23-25-18(17)13-28)19-14-27-11-10-26(9-7-20(27)24-19)22(30)31-15-16-4-2-1-3-5-16/h1-5,14H,6-13,15H2. The summed E-state index contributed by atoms with van der Waals surface area (Å²) in [7, 11) is 0. The first-order valence-corrected chi connectivity index (χ1v) is 10.6. The van der Waals surface area contributed by atoms with Crippen LogP contribution in [-0.2, 0) is 24.3 Å². The van der Waals surface area contributed by atoms with Crippen LogP contribution in [0.2, 0.25) is 0 Å². The number of carbonyl (C=O) groups is 2. The van der Waals surface area contributed by atoms with E-state index >= 15 is 0 Å². The molecule has 160 valence electrons. The average molecular weight is 420 g/mol. The van der Waals surface area contributed by atoms with Gasteiger partial charge in [-0.05, 0) is 17.6 Å². The van der Waals surface area contributed by atoms with Crippen molar-refractivity contribution < 1.29 is 14.3 Å². The van der Waals surface area contributed by atoms with Gasteiger partial charge in [0.05, 0.1) is 18.8 Å². The summed E-state index contributed by atoms with van der Waals surface area (Å²) in [5.74, 6) is 0.743. The molecule has 0 fully saturated rings. The second kappa shape index (κ2) is 8.33. The van der Waals surface area contributed by atoms with E-state index in [0.717, 1.165) is 23.5 Å². The van der Waals surface area contributed by atoms with E-state index in [1.165, 1.54) is 5.57 Å². The third-order valence-corrected chi connectivity index (χ3v) is 5.93. The molecule has 0 saturated heterocycles. The van der Waals surface area contributed by atoms with Crippen LogP contribution in [0, 0.1) is 0 Å². The first-order chi connectivity index (χ1) is 15.2. The highest BCUT2D eigenvalue weighted by atomic mass is 16.6. The zero-order valence-corrected chi connectivity index (χ0v) is 17.2. The van der Waals surface area contributed by atoms with Gasteiger partial charge in [-0.3, -0.25) is 4.79 Å². The van der Waals surface area contributed by atoms with Crippen LogP contribution in [0.5, 0.6) is 0 Å². The van der Waals surface area contributed by atoms with Gasteiger partial charge in [0.15, 0.2) is 0 Å². The molecule has 31 heavy (non-hydrogen) atoms. The molecule has 0 radical (unpaired) electrons. The Morgan fingerprint density at radius 3 is 2.71 bits per heavy atom. The van der Waals surface area contributed by atoms with Crippen LogP contribution >= 0.6 is 0 Å². The Labute approximate surface area is 180 Å². The van der Waals surface area contributed by atoms with Crippen molar-refractivity contribution in [1.29, 1.82) is 0 Å². The minimum absolute atomic E-state index is 0.0756. The normalized spacial score (nSPS) is 17.9. The third-order valence-electron chi connectivity index (χ3n) is 5.93. The lowest BCUT2D eigenvalue weighted by Crippen LogP contribution is -2.37. The van der Waals surface area contributed by atoms with E-state index in [2.05, 4.69) is 15.2 Å². The molecule has 0 atom stereocenters. The molecule has 0 saturated carbocycles. The Morgan fingerprint density at radius 2 is 1.84 bits per heavy atom. The third kappa shape index (κ3) is 4.08. The molecular formula is C22H24N6O3. The van der Waals surface area contributed by atoms with Gasteiger partial charge in [0.1, 0.15) is 18.1 Å². The Kier molecular flexibility index (Phi) is 5.23. The summed E-state index contributed by atoms with van der Waals surface area (Å²) in [6.07, 6.45) is 2.88. The summed E-state index contributed by atoms with van der Waals surface area (Å²) in [4.78, 5) is 33.5. The van der Waals surface area contributed by atoms with E-state index in [0.29, 0.717) is 51.4 Å². The fourth-order valence-corrected chi connectivity index (χ4v) is 4.12. The number of imidazole rings is 1. The molecule has 0 unspecified atom stereocenters. The number of nitrogens with zero attached hydrogens (tertiary/aromatic N) is 6. The summed E-state index contributed by atoms with van der Waals surface area (Å²) in [5, 5.41) is 8.22. The molecule has 5 rings (SSSR count). The van der Waals surface area contributed by atoms with E-state index in [1.54, 1.807) is 16.0 Å². The Balaban J connectivity index is 1.18. The lowest BCUT2D eigenvalue weighted by Gasteiger charge is -2.26. The number of hydrogen-bond acceptors (Lipinski definition) is 6. The van der Waals surface area contributed by atoms with Crippen molar-refractivity contribution in [2.24, 2.45) is 10.2 Å². The summed E-state index contributed by atoms with van der Waals surface area (Å²) >= 11 is 0. The van der Waals surface area contributed by atoms with E-state index in [9.17, 15) is 9.59 Å². The van der Waals surface area contributed by atoms with Gasteiger partial charge in [-0.25, -0.2) is 9.78 Å². The zero-order valence-electron chi connectivity index (χ0n) is 17.2. The smallest absolute Gasteiger partial charge is 0.410 e. The minimum Gasteiger partial charge on any atom is -0.445 e. The fourth-order valence-electron chi connectivity index (χ4n) is 4.12. The van der Waals surface area contributed by atoms with Crippen LogP contribution < -0.4 is 0 Å². The second-order valence-electron chi connectivity index (χ2n) is 7.94. The summed E-state index contributed by atoms with van der Waals surface area (Å²) < 4.78 is 7.42. The lowest BCUT2D eigenvalue weighted by molar-refractivity contribution is 0.0757. The molecule has 2 aromatic rings. The van der Waals surface area contributed by atoms with Gasteiger partial charge in [0, 0.05) is 38.8 Å². The van der Waals surface area contributed by atoms with Crippen LogP contribution in [0.15, 0.2) is 58.0 Å². The molecule has 9 nitrogen and oxygen atoms in total. The molecule has 0 spiro atoms. The molecule has 9 heteroatoms. The van der Waals surface area contributed by atoms with Crippen molar-refractivity contribution in [2.45, 2.75) is 26.0 Å². The topological polar surface area (TPSA) is 92.4 Å². The van der Waals surface area contributed by atoms with E-state index in [4.69, 9.17) is 4.74 Å². The van der Waals surface area contributed by atoms with Crippen molar-refractivity contribution in [2.75, 3.05) is 32.7 Å². The zero-order chi connectivity index (χ0) is 21.2. The second-order valence-corrected chi connectivity index (χ2v) is 7.94. The van der Waals surface area contributed by atoms with Crippen molar-refractivity contribution >= 4 is 12.0 Å². The van der Waals surface area contributed by atoms with Crippen LogP contribution in [0.4, 0.5) is 4.79 Å². The van der Waals surface area contributed by atoms with Gasteiger partial charge in [-0.1, -0.05) is 30.3 Å². The van der Waals surface area contributed by atoms with E-state index in [1.807, 2.05) is 34.9 Å². The molecule has 3 aliphatic heterocycles. The highest BCUT2D eigenvalue weighted by Crippen LogP contribution is 2.25. The SMILES string of the molecule is O=C(OCc1ccccc1)N1CCc2nc(C(=O)N3CCC4=C(C3)N=NC4)cn2CC1. The highest BCUT2D eigenvalue weighted by molar-refractivity contribution is 5.92. The molecular weight excluding hydrogens is 396 g/mol. The van der Waals surface area contributed by atoms with Gasteiger partial charge >= 0.3 is 6.09 Å². The average Bonchev–Trinajstić information content (AvgIpc) is 3.39. The maximum absolute atomic E-state index is 13.0. The number of ether oxygens (including phenoxy) is 1. The number of benzene rings is 1. The predicted molar refractivity (Wildman–Crippen MR) is 111 cm³/mol. The highest BCUT2D eigenvalue weighted by Gasteiger charge is 2.28. The molecule has 1 aromatic heterocycles. The first kappa shape index (κ1) is 19.5. The van der Waals surface area contributed by atoms with Crippen molar-refractivity contribution in [3.05, 3.63) is 64.9 Å². The molecule has 4 heterocycles. The van der Waals surface area contributed by atoms with Crippen molar-refractivity contribution in [3.63, 3.8) is 0 Å². The van der Waals surface area contributed by atoms with Crippen LogP contribution in [0.25, 0.3) is 0 Å². The number of hydrogen-bond donors (Lipinski definition) is 0. The van der Waals surface area contributed by atoms with Crippen LogP contribution in [0.3, 0.4) is 0 Å². The maximum atomic E-state index is 13.0. The molecule has 0 N–H and O–H groups in total. The van der Waals surface area contributed by atoms with E-state index in [-0.39, 0.29) is 18.6 Å². The Hall–Kier alpha value is -3.49. The lowest BCUT2D eigenvalue weighted by atomic mass is 10.1. The molecule has 0 bridgehead atoms. The summed E-state index contributed by atoms with van der Waals surface area (Å²) in [6, 6.07) is 9.63. The largest absolute Gasteiger partial charge is 0.445 e. The van der Waals surface area contributed by atoms with Crippen LogP contribution in [0.1, 0.15) is 28.3 Å². The molecule has 1 aromatic carbocycles. The predicted octanol–water partition coefficient (Wildman–Crippen LogP) is 2.64. The summed E-state index contributed by atoms with van der Waals surface area (Å²) in [6.45, 7) is 3.71. The van der Waals surface area contributed by atoms with Crippen molar-refractivity contribution in [1.82, 2.24) is 19.4 Å². The number of fused-ring (bicyclic) bond motifs is 1. The first-order valence-electron chi connectivity index (χ1n) is 10.6. The number of amides is 2. The van der Waals surface area contributed by atoms with Gasteiger partial charge in [-0.2, -0.15) is 10.2 Å². The fraction of sp³-hybridized carbons (Fsp3) is 0.409. The molecule has 2 amide bonds. The number of azo groups is 1. The van der Waals surface area contributed by atoms with Gasteiger partial charge in [0.25, 0.3) is 5.91 Å². The molecule has 0 aliphatic carbocycles. The monoisotopic (exact) mass is 420 g/mol. The summed E-state index contributed by atoms with van der Waals surface area (Å²) in [5.41, 5.74) is 3.57. The Morgan fingerprint density at radius 1 is 1.00 bits per heavy atom. The van der Waals surface area contributed by atoms with E-state index < -0.39 is 0 Å². The number of rotatable bonds is 3. The van der Waals surface area contributed by atoms with Gasteiger partial charge in [0.2, 0.25) is 0 Å². The Bertz CT molecular complexity index is 1030. The molecule has 3 aliphatic rings. The van der Waals surface area contributed by atoms with Crippen LogP contribution in [-0.4, -0.2) is 64.1 Å². The van der Waals surface area contributed by atoms with Gasteiger partial charge < -0.3 is 19.1 Å². The number of aromatic nitrogens is 2. The minimum atomic E-state index is -0.325. The quantitative estimate of drug-likeness (QED) is 0.763. The number of carbonyl (C=O) groups excluding carboxylic acids is 2. The van der Waals surface area contributed by atoms with Crippen molar-refractivity contribution in [3.8, 4) is 0 Å². The van der Waals surface area contributed by atoms with Gasteiger partial charge in [-0.15, -0.1) is 0 Å².